The van der Waals surface area contributed by atoms with Gasteiger partial charge >= 0.3 is 0 Å². The minimum Gasteiger partial charge on any atom is -0.482 e. The molecule has 4 rings (SSSR count). The fourth-order valence-electron chi connectivity index (χ4n) is 4.18. The highest BCUT2D eigenvalue weighted by atomic mass is 16.5. The molecule has 1 aliphatic rings. The number of aryl methyl sites for hydroxylation is 2. The van der Waals surface area contributed by atoms with Crippen molar-refractivity contribution < 1.29 is 9.47 Å². The van der Waals surface area contributed by atoms with Crippen LogP contribution in [0.25, 0.3) is 11.1 Å². The monoisotopic (exact) mass is 401 g/mol. The van der Waals surface area contributed by atoms with Gasteiger partial charge in [0.25, 0.3) is 0 Å². The highest BCUT2D eigenvalue weighted by Gasteiger charge is 2.34. The average molecular weight is 402 g/mol. The summed E-state index contributed by atoms with van der Waals surface area (Å²) in [7, 11) is 0. The predicted octanol–water partition coefficient (Wildman–Crippen LogP) is 7.40. The third kappa shape index (κ3) is 4.02. The number of unbranched alkanes of at least 4 members (excludes halogenated alkanes) is 2. The van der Waals surface area contributed by atoms with Gasteiger partial charge in [-0.3, -0.25) is 0 Å². The van der Waals surface area contributed by atoms with Gasteiger partial charge in [-0.15, -0.1) is 0 Å². The van der Waals surface area contributed by atoms with E-state index in [0.29, 0.717) is 0 Å². The van der Waals surface area contributed by atoms with Gasteiger partial charge in [0.1, 0.15) is 22.8 Å². The minimum atomic E-state index is -0.392. The standard InChI is InChI=1S/C27H31NO2/c1-5-6-7-8-19-16-24(29-21-12-10-20(28)11-13-21)26-22-15-18(2)9-14-23(22)27(3,4)30-25(26)17-19/h9-17H,5-8,28H2,1-4H3. The van der Waals surface area contributed by atoms with Gasteiger partial charge in [-0.2, -0.15) is 0 Å². The maximum atomic E-state index is 6.53. The van der Waals surface area contributed by atoms with Crippen molar-refractivity contribution in [1.82, 2.24) is 0 Å². The van der Waals surface area contributed by atoms with Crippen molar-refractivity contribution in [2.24, 2.45) is 0 Å². The normalized spacial score (nSPS) is 13.9. The van der Waals surface area contributed by atoms with Crippen LogP contribution in [-0.2, 0) is 12.0 Å². The van der Waals surface area contributed by atoms with Crippen molar-refractivity contribution in [2.45, 2.75) is 59.0 Å². The lowest BCUT2D eigenvalue weighted by atomic mass is 9.84. The van der Waals surface area contributed by atoms with Crippen molar-refractivity contribution in [3.63, 3.8) is 0 Å². The molecule has 0 saturated carbocycles. The summed E-state index contributed by atoms with van der Waals surface area (Å²) >= 11 is 0. The summed E-state index contributed by atoms with van der Waals surface area (Å²) in [5.74, 6) is 2.51. The van der Waals surface area contributed by atoms with Crippen molar-refractivity contribution in [3.8, 4) is 28.4 Å². The molecule has 3 heteroatoms. The zero-order chi connectivity index (χ0) is 21.3. The van der Waals surface area contributed by atoms with E-state index in [1.54, 1.807) is 0 Å². The Bertz CT molecular complexity index is 1050. The highest BCUT2D eigenvalue weighted by molar-refractivity contribution is 5.83. The fourth-order valence-corrected chi connectivity index (χ4v) is 4.18. The Balaban J connectivity index is 1.85. The third-order valence-electron chi connectivity index (χ3n) is 5.76. The molecule has 0 radical (unpaired) electrons. The fraction of sp³-hybridized carbons (Fsp3) is 0.333. The van der Waals surface area contributed by atoms with Crippen LogP contribution in [0.1, 0.15) is 56.7 Å². The molecule has 0 atom stereocenters. The zero-order valence-electron chi connectivity index (χ0n) is 18.4. The van der Waals surface area contributed by atoms with Gasteiger partial charge in [-0.25, -0.2) is 0 Å². The summed E-state index contributed by atoms with van der Waals surface area (Å²) in [6.07, 6.45) is 4.61. The number of rotatable bonds is 6. The predicted molar refractivity (Wildman–Crippen MR) is 124 cm³/mol. The number of hydrogen-bond donors (Lipinski definition) is 1. The second kappa shape index (κ2) is 8.06. The molecule has 3 aromatic carbocycles. The number of hydrogen-bond acceptors (Lipinski definition) is 3. The van der Waals surface area contributed by atoms with Crippen molar-refractivity contribution >= 4 is 5.69 Å². The van der Waals surface area contributed by atoms with Crippen LogP contribution in [0.15, 0.2) is 54.6 Å². The van der Waals surface area contributed by atoms with Crippen molar-refractivity contribution in [1.29, 1.82) is 0 Å². The Morgan fingerprint density at radius 3 is 2.47 bits per heavy atom. The molecule has 3 nitrogen and oxygen atoms in total. The average Bonchev–Trinajstić information content (AvgIpc) is 2.69. The first-order valence-corrected chi connectivity index (χ1v) is 10.9. The van der Waals surface area contributed by atoms with Gasteiger partial charge in [0.05, 0.1) is 5.56 Å². The molecule has 0 aromatic heterocycles. The molecular formula is C27H31NO2. The SMILES string of the molecule is CCCCCc1cc(Oc2ccc(N)cc2)c2c(c1)OC(C)(C)c1ccc(C)cc1-2. The maximum absolute atomic E-state index is 6.53. The third-order valence-corrected chi connectivity index (χ3v) is 5.76. The van der Waals surface area contributed by atoms with E-state index >= 15 is 0 Å². The topological polar surface area (TPSA) is 44.5 Å². The van der Waals surface area contributed by atoms with Crippen LogP contribution in [0.4, 0.5) is 5.69 Å². The Morgan fingerprint density at radius 2 is 1.73 bits per heavy atom. The first-order chi connectivity index (χ1) is 14.4. The number of anilines is 1. The van der Waals surface area contributed by atoms with E-state index in [9.17, 15) is 0 Å². The molecule has 3 aromatic rings. The lowest BCUT2D eigenvalue weighted by Gasteiger charge is -2.36. The number of nitrogen functional groups attached to an aromatic ring is 1. The molecule has 0 amide bonds. The van der Waals surface area contributed by atoms with Crippen LogP contribution >= 0.6 is 0 Å². The summed E-state index contributed by atoms with van der Waals surface area (Å²) in [5.41, 5.74) is 12.1. The molecule has 0 saturated heterocycles. The molecule has 1 aliphatic heterocycles. The molecule has 0 spiro atoms. The molecule has 0 bridgehead atoms. The van der Waals surface area contributed by atoms with E-state index in [2.05, 4.69) is 58.0 Å². The molecule has 0 aliphatic carbocycles. The van der Waals surface area contributed by atoms with E-state index in [1.807, 2.05) is 24.3 Å². The van der Waals surface area contributed by atoms with Crippen LogP contribution < -0.4 is 15.2 Å². The van der Waals surface area contributed by atoms with Crippen LogP contribution in [-0.4, -0.2) is 0 Å². The van der Waals surface area contributed by atoms with Gasteiger partial charge in [-0.1, -0.05) is 43.5 Å². The van der Waals surface area contributed by atoms with E-state index in [4.69, 9.17) is 15.2 Å². The van der Waals surface area contributed by atoms with Gasteiger partial charge in [0, 0.05) is 11.3 Å². The lowest BCUT2D eigenvalue weighted by molar-refractivity contribution is 0.105. The quantitative estimate of drug-likeness (QED) is 0.346. The van der Waals surface area contributed by atoms with Gasteiger partial charge in [0.15, 0.2) is 0 Å². The summed E-state index contributed by atoms with van der Waals surface area (Å²) < 4.78 is 12.9. The van der Waals surface area contributed by atoms with Crippen molar-refractivity contribution in [2.75, 3.05) is 5.73 Å². The zero-order valence-corrected chi connectivity index (χ0v) is 18.4. The van der Waals surface area contributed by atoms with Gasteiger partial charge < -0.3 is 15.2 Å². The molecule has 156 valence electrons. The number of ether oxygens (including phenoxy) is 2. The first kappa shape index (κ1) is 20.3. The smallest absolute Gasteiger partial charge is 0.139 e. The lowest BCUT2D eigenvalue weighted by Crippen LogP contribution is -2.29. The summed E-state index contributed by atoms with van der Waals surface area (Å²) in [6.45, 7) is 8.62. The summed E-state index contributed by atoms with van der Waals surface area (Å²) in [6, 6.07) is 18.5. The molecule has 0 unspecified atom stereocenters. The van der Waals surface area contributed by atoms with Crippen molar-refractivity contribution in [3.05, 3.63) is 71.3 Å². The molecule has 2 N–H and O–H groups in total. The molecule has 1 heterocycles. The summed E-state index contributed by atoms with van der Waals surface area (Å²) in [4.78, 5) is 0. The highest BCUT2D eigenvalue weighted by Crippen LogP contribution is 2.51. The van der Waals surface area contributed by atoms with Crippen LogP contribution in [0.5, 0.6) is 17.2 Å². The Hall–Kier alpha value is -2.94. The Kier molecular flexibility index (Phi) is 5.46. The Labute approximate surface area is 179 Å². The van der Waals surface area contributed by atoms with Gasteiger partial charge in [0.2, 0.25) is 0 Å². The molecule has 30 heavy (non-hydrogen) atoms. The van der Waals surface area contributed by atoms with Crippen LogP contribution in [0.2, 0.25) is 0 Å². The van der Waals surface area contributed by atoms with E-state index in [1.165, 1.54) is 35.1 Å². The second-order valence-corrected chi connectivity index (χ2v) is 8.76. The largest absolute Gasteiger partial charge is 0.482 e. The first-order valence-electron chi connectivity index (χ1n) is 10.9. The number of nitrogens with two attached hydrogens (primary N) is 1. The van der Waals surface area contributed by atoms with E-state index in [0.717, 1.165) is 41.3 Å². The van der Waals surface area contributed by atoms with E-state index in [-0.39, 0.29) is 0 Å². The summed E-state index contributed by atoms with van der Waals surface area (Å²) in [5, 5.41) is 0. The second-order valence-electron chi connectivity index (χ2n) is 8.76. The minimum absolute atomic E-state index is 0.392. The molecular weight excluding hydrogens is 370 g/mol. The van der Waals surface area contributed by atoms with E-state index < -0.39 is 5.60 Å². The number of benzene rings is 3. The maximum Gasteiger partial charge on any atom is 0.139 e. The van der Waals surface area contributed by atoms with Gasteiger partial charge in [-0.05, 0) is 81.1 Å². The number of fused-ring (bicyclic) bond motifs is 3. The van der Waals surface area contributed by atoms with Crippen LogP contribution in [0.3, 0.4) is 0 Å². The molecule has 0 fully saturated rings. The van der Waals surface area contributed by atoms with Crippen LogP contribution in [0, 0.1) is 6.92 Å². The Morgan fingerprint density at radius 1 is 0.967 bits per heavy atom.